The van der Waals surface area contributed by atoms with Gasteiger partial charge in [-0.2, -0.15) is 0 Å². The molecule has 0 aromatic heterocycles. The van der Waals surface area contributed by atoms with Crippen molar-refractivity contribution < 1.29 is 17.2 Å². The maximum absolute atomic E-state index is 12.3. The zero-order chi connectivity index (χ0) is 13.1. The lowest BCUT2D eigenvalue weighted by molar-refractivity contribution is 0.151. The molecule has 0 saturated carbocycles. The Balaban J connectivity index is 2.85. The molecule has 0 bridgehead atoms. The van der Waals surface area contributed by atoms with Crippen molar-refractivity contribution in [3.63, 3.8) is 0 Å². The maximum atomic E-state index is 12.3. The highest BCUT2D eigenvalue weighted by Crippen LogP contribution is 2.20. The molecule has 1 aromatic rings. The van der Waals surface area contributed by atoms with Crippen molar-refractivity contribution in [3.05, 3.63) is 29.8 Å². The summed E-state index contributed by atoms with van der Waals surface area (Å²) in [5.74, 6) is 0.185. The molecule has 0 amide bonds. The second-order valence-corrected chi connectivity index (χ2v) is 5.88. The van der Waals surface area contributed by atoms with Gasteiger partial charge in [-0.05, 0) is 18.1 Å². The summed E-state index contributed by atoms with van der Waals surface area (Å²) in [4.78, 5) is 0.00236. The van der Waals surface area contributed by atoms with Crippen molar-refractivity contribution in [2.45, 2.75) is 25.2 Å². The van der Waals surface area contributed by atoms with Crippen molar-refractivity contribution >= 4 is 10.0 Å². The molecule has 0 saturated heterocycles. The fourth-order valence-electron chi connectivity index (χ4n) is 1.15. The third-order valence-electron chi connectivity index (χ3n) is 2.12. The Labute approximate surface area is 99.9 Å². The molecule has 1 N–H and O–H groups in total. The van der Waals surface area contributed by atoms with Gasteiger partial charge in [0.1, 0.15) is 0 Å². The van der Waals surface area contributed by atoms with Crippen molar-refractivity contribution in [2.75, 3.05) is 6.54 Å². The van der Waals surface area contributed by atoms with E-state index in [4.69, 9.17) is 0 Å². The SMILES string of the molecule is CC(C)CNS(=O)(=O)c1ccc(C(F)F)cc1. The van der Waals surface area contributed by atoms with Crippen molar-refractivity contribution in [3.8, 4) is 0 Å². The molecule has 1 aromatic carbocycles. The van der Waals surface area contributed by atoms with E-state index >= 15 is 0 Å². The highest BCUT2D eigenvalue weighted by Gasteiger charge is 2.15. The van der Waals surface area contributed by atoms with E-state index in [0.29, 0.717) is 6.54 Å². The van der Waals surface area contributed by atoms with Gasteiger partial charge in [0.05, 0.1) is 4.90 Å². The van der Waals surface area contributed by atoms with E-state index in [-0.39, 0.29) is 16.4 Å². The fraction of sp³-hybridized carbons (Fsp3) is 0.455. The number of halogens is 2. The van der Waals surface area contributed by atoms with Gasteiger partial charge in [-0.1, -0.05) is 26.0 Å². The summed E-state index contributed by atoms with van der Waals surface area (Å²) in [6, 6.07) is 4.61. The van der Waals surface area contributed by atoms with Crippen molar-refractivity contribution in [1.29, 1.82) is 0 Å². The third kappa shape index (κ3) is 4.05. The van der Waals surface area contributed by atoms with Gasteiger partial charge in [0.2, 0.25) is 10.0 Å². The van der Waals surface area contributed by atoms with Crippen LogP contribution >= 0.6 is 0 Å². The van der Waals surface area contributed by atoms with E-state index in [0.717, 1.165) is 12.1 Å². The molecule has 0 aliphatic rings. The van der Waals surface area contributed by atoms with E-state index in [1.807, 2.05) is 13.8 Å². The van der Waals surface area contributed by atoms with Crippen molar-refractivity contribution in [1.82, 2.24) is 4.72 Å². The normalized spacial score (nSPS) is 12.4. The zero-order valence-electron chi connectivity index (χ0n) is 9.65. The van der Waals surface area contributed by atoms with Gasteiger partial charge >= 0.3 is 0 Å². The Morgan fingerprint density at radius 3 is 2.12 bits per heavy atom. The second-order valence-electron chi connectivity index (χ2n) is 4.12. The molecule has 17 heavy (non-hydrogen) atoms. The molecule has 0 fully saturated rings. The summed E-state index contributed by atoms with van der Waals surface area (Å²) in [6.45, 7) is 4.07. The molecule has 0 atom stereocenters. The number of benzene rings is 1. The van der Waals surface area contributed by atoms with Gasteiger partial charge in [0.25, 0.3) is 6.43 Å². The summed E-state index contributed by atoms with van der Waals surface area (Å²) in [7, 11) is -3.59. The average Bonchev–Trinajstić information content (AvgIpc) is 2.27. The topological polar surface area (TPSA) is 46.2 Å². The van der Waals surface area contributed by atoms with Gasteiger partial charge in [0, 0.05) is 12.1 Å². The zero-order valence-corrected chi connectivity index (χ0v) is 10.5. The van der Waals surface area contributed by atoms with Crippen LogP contribution in [-0.2, 0) is 10.0 Å². The Hall–Kier alpha value is -1.01. The molecule has 0 spiro atoms. The van der Waals surface area contributed by atoms with Gasteiger partial charge in [0.15, 0.2) is 0 Å². The first-order valence-corrected chi connectivity index (χ1v) is 6.69. The largest absolute Gasteiger partial charge is 0.263 e. The molecule has 96 valence electrons. The smallest absolute Gasteiger partial charge is 0.211 e. The minimum absolute atomic E-state index is 0.00236. The first kappa shape index (κ1) is 14.1. The standard InChI is InChI=1S/C11H15F2NO2S/c1-8(2)7-14-17(15,16)10-5-3-9(4-6-10)11(12)13/h3-6,8,11,14H,7H2,1-2H3. The van der Waals surface area contributed by atoms with Crippen LogP contribution in [0.15, 0.2) is 29.2 Å². The maximum Gasteiger partial charge on any atom is 0.263 e. The van der Waals surface area contributed by atoms with Crippen LogP contribution in [0.4, 0.5) is 8.78 Å². The van der Waals surface area contributed by atoms with E-state index in [2.05, 4.69) is 4.72 Å². The van der Waals surface area contributed by atoms with Crippen LogP contribution in [0.1, 0.15) is 25.8 Å². The summed E-state index contributed by atoms with van der Waals surface area (Å²) >= 11 is 0. The number of sulfonamides is 1. The summed E-state index contributed by atoms with van der Waals surface area (Å²) in [6.07, 6.45) is -2.59. The monoisotopic (exact) mass is 263 g/mol. The Kier molecular flexibility index (Phi) is 4.59. The van der Waals surface area contributed by atoms with E-state index in [9.17, 15) is 17.2 Å². The molecular formula is C11H15F2NO2S. The van der Waals surface area contributed by atoms with E-state index in [1.54, 1.807) is 0 Å². The molecule has 0 heterocycles. The van der Waals surface area contributed by atoms with Crippen LogP contribution in [-0.4, -0.2) is 15.0 Å². The average molecular weight is 263 g/mol. The predicted octanol–water partition coefficient (Wildman–Crippen LogP) is 2.56. The third-order valence-corrected chi connectivity index (χ3v) is 3.56. The molecule has 1 rings (SSSR count). The molecule has 6 heteroatoms. The number of rotatable bonds is 5. The van der Waals surface area contributed by atoms with E-state index in [1.165, 1.54) is 12.1 Å². The van der Waals surface area contributed by atoms with Crippen molar-refractivity contribution in [2.24, 2.45) is 5.92 Å². The van der Waals surface area contributed by atoms with Gasteiger partial charge < -0.3 is 0 Å². The quantitative estimate of drug-likeness (QED) is 0.887. The molecule has 0 aliphatic heterocycles. The lowest BCUT2D eigenvalue weighted by Crippen LogP contribution is -2.27. The summed E-state index contributed by atoms with van der Waals surface area (Å²) in [5.41, 5.74) is -0.187. The Morgan fingerprint density at radius 1 is 1.18 bits per heavy atom. The lowest BCUT2D eigenvalue weighted by Gasteiger charge is -2.09. The first-order chi connectivity index (χ1) is 7.83. The first-order valence-electron chi connectivity index (χ1n) is 5.20. The predicted molar refractivity (Wildman–Crippen MR) is 61.4 cm³/mol. The minimum Gasteiger partial charge on any atom is -0.211 e. The van der Waals surface area contributed by atoms with Crippen LogP contribution in [0.5, 0.6) is 0 Å². The molecule has 0 radical (unpaired) electrons. The van der Waals surface area contributed by atoms with E-state index < -0.39 is 16.4 Å². The molecule has 0 aliphatic carbocycles. The summed E-state index contributed by atoms with van der Waals surface area (Å²) in [5, 5.41) is 0. The molecule has 3 nitrogen and oxygen atoms in total. The highest BCUT2D eigenvalue weighted by molar-refractivity contribution is 7.89. The molecule has 0 unspecified atom stereocenters. The Morgan fingerprint density at radius 2 is 1.71 bits per heavy atom. The van der Waals surface area contributed by atoms with Crippen LogP contribution in [0.2, 0.25) is 0 Å². The number of hydrogen-bond acceptors (Lipinski definition) is 2. The Bertz CT molecular complexity index is 455. The van der Waals surface area contributed by atoms with Gasteiger partial charge in [-0.3, -0.25) is 0 Å². The van der Waals surface area contributed by atoms with Gasteiger partial charge in [-0.15, -0.1) is 0 Å². The van der Waals surface area contributed by atoms with Crippen LogP contribution in [0, 0.1) is 5.92 Å². The summed E-state index contributed by atoms with van der Waals surface area (Å²) < 4.78 is 50.4. The fourth-order valence-corrected chi connectivity index (χ4v) is 2.37. The molecular weight excluding hydrogens is 248 g/mol. The number of nitrogens with one attached hydrogen (secondary N) is 1. The van der Waals surface area contributed by atoms with Crippen LogP contribution in [0.25, 0.3) is 0 Å². The minimum atomic E-state index is -3.59. The highest BCUT2D eigenvalue weighted by atomic mass is 32.2. The van der Waals surface area contributed by atoms with Gasteiger partial charge in [-0.25, -0.2) is 21.9 Å². The number of alkyl halides is 2. The van der Waals surface area contributed by atoms with Crippen LogP contribution < -0.4 is 4.72 Å². The second kappa shape index (κ2) is 5.55. The van der Waals surface area contributed by atoms with Crippen LogP contribution in [0.3, 0.4) is 0 Å². The number of hydrogen-bond donors (Lipinski definition) is 1. The lowest BCUT2D eigenvalue weighted by atomic mass is 10.2.